The van der Waals surface area contributed by atoms with Crippen LogP contribution in [-0.2, 0) is 0 Å². The molecule has 0 saturated heterocycles. The van der Waals surface area contributed by atoms with Gasteiger partial charge in [0.15, 0.2) is 0 Å². The van der Waals surface area contributed by atoms with E-state index in [0.29, 0.717) is 0 Å². The second kappa shape index (κ2) is 3.99. The van der Waals surface area contributed by atoms with Gasteiger partial charge in [-0.15, -0.1) is 0 Å². The molecule has 60 valence electrons. The Morgan fingerprint density at radius 3 is 2.64 bits per heavy atom. The van der Waals surface area contributed by atoms with Crippen LogP contribution in [0.5, 0.6) is 0 Å². The fourth-order valence-corrected chi connectivity index (χ4v) is 1.48. The summed E-state index contributed by atoms with van der Waals surface area (Å²) in [5.74, 6) is 0. The molecule has 0 bridgehead atoms. The molecule has 0 amide bonds. The van der Waals surface area contributed by atoms with Gasteiger partial charge in [-0.05, 0) is 25.0 Å². The van der Waals surface area contributed by atoms with Crippen molar-refractivity contribution in [2.75, 3.05) is 0 Å². The smallest absolute Gasteiger partial charge is 0.0420 e. The second-order valence-corrected chi connectivity index (χ2v) is 3.35. The molecule has 0 unspecified atom stereocenters. The lowest BCUT2D eigenvalue weighted by molar-refractivity contribution is 1.03. The van der Waals surface area contributed by atoms with E-state index in [2.05, 4.69) is 6.92 Å². The highest BCUT2D eigenvalue weighted by Crippen LogP contribution is 2.22. The first-order chi connectivity index (χ1) is 5.22. The van der Waals surface area contributed by atoms with Crippen LogP contribution in [0.25, 0.3) is 0 Å². The number of halogens is 2. The Morgan fingerprint density at radius 2 is 2.00 bits per heavy atom. The van der Waals surface area contributed by atoms with E-state index in [1.807, 2.05) is 12.2 Å². The van der Waals surface area contributed by atoms with E-state index in [0.717, 1.165) is 22.9 Å². The van der Waals surface area contributed by atoms with Crippen LogP contribution in [0.2, 0.25) is 0 Å². The normalized spacial score (nSPS) is 18.3. The van der Waals surface area contributed by atoms with Crippen molar-refractivity contribution in [3.8, 4) is 0 Å². The predicted molar refractivity (Wildman–Crippen MR) is 50.9 cm³/mol. The molecule has 0 aromatic rings. The van der Waals surface area contributed by atoms with Crippen LogP contribution < -0.4 is 0 Å². The lowest BCUT2D eigenvalue weighted by atomic mass is 10.1. The number of hydrogen-bond donors (Lipinski definition) is 0. The van der Waals surface area contributed by atoms with Crippen molar-refractivity contribution in [3.05, 3.63) is 33.9 Å². The van der Waals surface area contributed by atoms with Gasteiger partial charge in [-0.25, -0.2) is 0 Å². The molecule has 0 radical (unpaired) electrons. The molecule has 0 heterocycles. The van der Waals surface area contributed by atoms with Crippen molar-refractivity contribution in [3.63, 3.8) is 0 Å². The number of hydrogen-bond acceptors (Lipinski definition) is 0. The van der Waals surface area contributed by atoms with Gasteiger partial charge in [-0.3, -0.25) is 0 Å². The molecule has 0 N–H and O–H groups in total. The van der Waals surface area contributed by atoms with E-state index >= 15 is 0 Å². The van der Waals surface area contributed by atoms with Crippen LogP contribution in [0.15, 0.2) is 33.9 Å². The standard InChI is InChI=1S/C9H10Cl2/c1-2-7-3-4-8(10)6-9(11)5-7/h4-6H,2-3H2,1H3. The largest absolute Gasteiger partial charge is 0.0846 e. The minimum Gasteiger partial charge on any atom is -0.0846 e. The first-order valence-corrected chi connectivity index (χ1v) is 4.40. The van der Waals surface area contributed by atoms with Crippen molar-refractivity contribution in [2.24, 2.45) is 0 Å². The van der Waals surface area contributed by atoms with E-state index in [1.54, 1.807) is 6.08 Å². The molecule has 0 saturated carbocycles. The van der Waals surface area contributed by atoms with E-state index in [9.17, 15) is 0 Å². The Bertz CT molecular complexity index is 234. The maximum absolute atomic E-state index is 5.85. The van der Waals surface area contributed by atoms with Crippen molar-refractivity contribution in [1.82, 2.24) is 0 Å². The van der Waals surface area contributed by atoms with Crippen molar-refractivity contribution in [2.45, 2.75) is 19.8 Å². The minimum absolute atomic E-state index is 0.723. The van der Waals surface area contributed by atoms with Gasteiger partial charge >= 0.3 is 0 Å². The highest BCUT2D eigenvalue weighted by Gasteiger charge is 2.00. The quantitative estimate of drug-likeness (QED) is 0.585. The first-order valence-electron chi connectivity index (χ1n) is 3.64. The Hall–Kier alpha value is -0.200. The third-order valence-corrected chi connectivity index (χ3v) is 2.11. The van der Waals surface area contributed by atoms with E-state index < -0.39 is 0 Å². The van der Waals surface area contributed by atoms with Crippen LogP contribution >= 0.6 is 23.2 Å². The van der Waals surface area contributed by atoms with Crippen LogP contribution in [-0.4, -0.2) is 0 Å². The summed E-state index contributed by atoms with van der Waals surface area (Å²) in [6, 6.07) is 0. The SMILES string of the molecule is CCC1=CC(Cl)=CC(Cl)=CC1. The molecule has 1 aliphatic rings. The maximum Gasteiger partial charge on any atom is 0.0420 e. The Balaban J connectivity index is 2.85. The fraction of sp³-hybridized carbons (Fsp3) is 0.333. The number of rotatable bonds is 1. The maximum atomic E-state index is 5.85. The van der Waals surface area contributed by atoms with E-state index in [1.165, 1.54) is 5.57 Å². The molecule has 0 aromatic heterocycles. The molecule has 1 rings (SSSR count). The Labute approximate surface area is 77.2 Å². The minimum atomic E-state index is 0.723. The van der Waals surface area contributed by atoms with E-state index in [-0.39, 0.29) is 0 Å². The van der Waals surface area contributed by atoms with Gasteiger partial charge in [0.1, 0.15) is 0 Å². The van der Waals surface area contributed by atoms with Gasteiger partial charge < -0.3 is 0 Å². The summed E-state index contributed by atoms with van der Waals surface area (Å²) in [4.78, 5) is 0. The topological polar surface area (TPSA) is 0 Å². The zero-order valence-electron chi connectivity index (χ0n) is 6.40. The summed E-state index contributed by atoms with van der Waals surface area (Å²) in [7, 11) is 0. The van der Waals surface area contributed by atoms with Crippen LogP contribution in [0, 0.1) is 0 Å². The van der Waals surface area contributed by atoms with Crippen LogP contribution in [0.3, 0.4) is 0 Å². The third kappa shape index (κ3) is 2.72. The van der Waals surface area contributed by atoms with Gasteiger partial charge in [0.05, 0.1) is 0 Å². The molecule has 0 spiro atoms. The average Bonchev–Trinajstić information content (AvgIpc) is 2.11. The van der Waals surface area contributed by atoms with Gasteiger partial charge in [-0.2, -0.15) is 0 Å². The lowest BCUT2D eigenvalue weighted by Gasteiger charge is -1.96. The zero-order valence-corrected chi connectivity index (χ0v) is 7.91. The van der Waals surface area contributed by atoms with Gasteiger partial charge in [0, 0.05) is 10.1 Å². The molecule has 11 heavy (non-hydrogen) atoms. The summed E-state index contributed by atoms with van der Waals surface area (Å²) in [6.07, 6.45) is 7.68. The van der Waals surface area contributed by atoms with Gasteiger partial charge in [0.25, 0.3) is 0 Å². The second-order valence-electron chi connectivity index (χ2n) is 2.48. The molecular formula is C9H10Cl2. The fourth-order valence-electron chi connectivity index (χ4n) is 0.961. The lowest BCUT2D eigenvalue weighted by Crippen LogP contribution is -1.76. The molecule has 0 atom stereocenters. The van der Waals surface area contributed by atoms with E-state index in [4.69, 9.17) is 23.2 Å². The molecule has 0 fully saturated rings. The molecule has 0 aromatic carbocycles. The Kier molecular flexibility index (Phi) is 3.22. The molecular weight excluding hydrogens is 179 g/mol. The molecule has 2 heteroatoms. The summed E-state index contributed by atoms with van der Waals surface area (Å²) in [5.41, 5.74) is 1.32. The molecule has 1 aliphatic carbocycles. The zero-order chi connectivity index (χ0) is 8.27. The van der Waals surface area contributed by atoms with Crippen molar-refractivity contribution in [1.29, 1.82) is 0 Å². The van der Waals surface area contributed by atoms with Crippen molar-refractivity contribution < 1.29 is 0 Å². The van der Waals surface area contributed by atoms with Crippen LogP contribution in [0.1, 0.15) is 19.8 Å². The van der Waals surface area contributed by atoms with Crippen molar-refractivity contribution >= 4 is 23.2 Å². The predicted octanol–water partition coefficient (Wildman–Crippen LogP) is 3.97. The molecule has 0 aliphatic heterocycles. The highest BCUT2D eigenvalue weighted by atomic mass is 35.5. The Morgan fingerprint density at radius 1 is 1.27 bits per heavy atom. The van der Waals surface area contributed by atoms with Gasteiger partial charge in [0.2, 0.25) is 0 Å². The average molecular weight is 189 g/mol. The summed E-state index contributed by atoms with van der Waals surface area (Å²) >= 11 is 11.7. The monoisotopic (exact) mass is 188 g/mol. The summed E-state index contributed by atoms with van der Waals surface area (Å²) in [5, 5.41) is 1.45. The number of allylic oxidation sites excluding steroid dienone is 6. The van der Waals surface area contributed by atoms with Crippen LogP contribution in [0.4, 0.5) is 0 Å². The third-order valence-electron chi connectivity index (χ3n) is 1.63. The highest BCUT2D eigenvalue weighted by molar-refractivity contribution is 6.35. The summed E-state index contributed by atoms with van der Waals surface area (Å²) in [6.45, 7) is 2.11. The molecule has 0 nitrogen and oxygen atoms in total. The first kappa shape index (κ1) is 8.89. The van der Waals surface area contributed by atoms with Gasteiger partial charge in [-0.1, -0.05) is 41.8 Å². The summed E-state index contributed by atoms with van der Waals surface area (Å²) < 4.78 is 0.